The van der Waals surface area contributed by atoms with Crippen LogP contribution in [0.2, 0.25) is 0 Å². The van der Waals surface area contributed by atoms with Gasteiger partial charge >= 0.3 is 5.97 Å². The summed E-state index contributed by atoms with van der Waals surface area (Å²) in [4.78, 5) is 25.9. The fraction of sp³-hybridized carbons (Fsp3) is 0.929. The molecule has 190 valence electrons. The monoisotopic (exact) mass is 453 g/mol. The molecular formula is C28H55NO3. The van der Waals surface area contributed by atoms with Gasteiger partial charge in [0.05, 0.1) is 5.92 Å². The molecule has 1 unspecified atom stereocenters. The maximum Gasteiger partial charge on any atom is 0.306 e. The lowest BCUT2D eigenvalue weighted by Gasteiger charge is -2.21. The van der Waals surface area contributed by atoms with Crippen LogP contribution in [0.4, 0.5) is 0 Å². The Balaban J connectivity index is 3.77. The SMILES string of the molecule is CCCCCCCCCCCC(=O)N(CC)CCCCCCC(CCCCCC)C(=O)O. The fourth-order valence-electron chi connectivity index (χ4n) is 4.46. The van der Waals surface area contributed by atoms with Crippen LogP contribution < -0.4 is 0 Å². The van der Waals surface area contributed by atoms with Crippen LogP contribution in [0.5, 0.6) is 0 Å². The highest BCUT2D eigenvalue weighted by Crippen LogP contribution is 2.19. The first kappa shape index (κ1) is 30.9. The zero-order valence-corrected chi connectivity index (χ0v) is 21.8. The minimum Gasteiger partial charge on any atom is -0.481 e. The third-order valence-corrected chi connectivity index (χ3v) is 6.71. The van der Waals surface area contributed by atoms with Crippen LogP contribution in [0.1, 0.15) is 149 Å². The molecule has 0 bridgehead atoms. The van der Waals surface area contributed by atoms with Crippen LogP contribution in [0, 0.1) is 5.92 Å². The van der Waals surface area contributed by atoms with Crippen LogP contribution >= 0.6 is 0 Å². The third kappa shape index (κ3) is 18.5. The average Bonchev–Trinajstić information content (AvgIpc) is 2.78. The Bertz CT molecular complexity index is 438. The predicted octanol–water partition coefficient (Wildman–Crippen LogP) is 8.38. The van der Waals surface area contributed by atoms with Gasteiger partial charge in [-0.3, -0.25) is 9.59 Å². The Hall–Kier alpha value is -1.06. The molecule has 1 amide bonds. The molecular weight excluding hydrogens is 398 g/mol. The van der Waals surface area contributed by atoms with Gasteiger partial charge in [0.2, 0.25) is 5.91 Å². The van der Waals surface area contributed by atoms with E-state index >= 15 is 0 Å². The molecule has 1 atom stereocenters. The van der Waals surface area contributed by atoms with E-state index < -0.39 is 5.97 Å². The van der Waals surface area contributed by atoms with Crippen molar-refractivity contribution in [1.82, 2.24) is 4.90 Å². The van der Waals surface area contributed by atoms with Crippen LogP contribution in [0.25, 0.3) is 0 Å². The molecule has 0 saturated carbocycles. The van der Waals surface area contributed by atoms with Crippen molar-refractivity contribution in [3.8, 4) is 0 Å². The Labute approximate surface area is 199 Å². The van der Waals surface area contributed by atoms with Gasteiger partial charge in [-0.05, 0) is 32.6 Å². The van der Waals surface area contributed by atoms with E-state index in [9.17, 15) is 14.7 Å². The second kappa shape index (κ2) is 23.1. The van der Waals surface area contributed by atoms with Gasteiger partial charge in [0, 0.05) is 19.5 Å². The summed E-state index contributed by atoms with van der Waals surface area (Å²) in [7, 11) is 0. The zero-order valence-electron chi connectivity index (χ0n) is 21.8. The summed E-state index contributed by atoms with van der Waals surface area (Å²) in [6.45, 7) is 8.16. The molecule has 4 heteroatoms. The summed E-state index contributed by atoms with van der Waals surface area (Å²) in [6, 6.07) is 0. The molecule has 0 aromatic rings. The summed E-state index contributed by atoms with van der Waals surface area (Å²) >= 11 is 0. The van der Waals surface area contributed by atoms with E-state index in [-0.39, 0.29) is 5.92 Å². The fourth-order valence-corrected chi connectivity index (χ4v) is 4.46. The Morgan fingerprint density at radius 1 is 0.625 bits per heavy atom. The number of carboxylic acids is 1. The molecule has 1 N–H and O–H groups in total. The molecule has 0 spiro atoms. The topological polar surface area (TPSA) is 57.6 Å². The number of hydrogen-bond donors (Lipinski definition) is 1. The minimum absolute atomic E-state index is 0.170. The van der Waals surface area contributed by atoms with Crippen LogP contribution in [0.15, 0.2) is 0 Å². The van der Waals surface area contributed by atoms with Crippen molar-refractivity contribution in [3.05, 3.63) is 0 Å². The van der Waals surface area contributed by atoms with Gasteiger partial charge in [-0.1, -0.05) is 110 Å². The average molecular weight is 454 g/mol. The molecule has 0 saturated heterocycles. The van der Waals surface area contributed by atoms with E-state index in [2.05, 4.69) is 20.8 Å². The normalized spacial score (nSPS) is 12.1. The first-order chi connectivity index (χ1) is 15.6. The molecule has 0 aliphatic rings. The first-order valence-corrected chi connectivity index (χ1v) is 14.1. The molecule has 32 heavy (non-hydrogen) atoms. The lowest BCUT2D eigenvalue weighted by atomic mass is 9.94. The van der Waals surface area contributed by atoms with Gasteiger partial charge in [0.15, 0.2) is 0 Å². The van der Waals surface area contributed by atoms with Crippen molar-refractivity contribution < 1.29 is 14.7 Å². The molecule has 0 aromatic carbocycles. The molecule has 0 fully saturated rings. The molecule has 0 radical (unpaired) electrons. The second-order valence-corrected chi connectivity index (χ2v) is 9.64. The number of nitrogens with zero attached hydrogens (tertiary/aromatic N) is 1. The molecule has 4 nitrogen and oxygen atoms in total. The number of carboxylic acid groups (broad SMARTS) is 1. The van der Waals surface area contributed by atoms with E-state index in [0.29, 0.717) is 12.3 Å². The highest BCUT2D eigenvalue weighted by atomic mass is 16.4. The number of aliphatic carboxylic acids is 1. The highest BCUT2D eigenvalue weighted by molar-refractivity contribution is 5.76. The summed E-state index contributed by atoms with van der Waals surface area (Å²) in [6.07, 6.45) is 22.6. The standard InChI is InChI=1S/C28H55NO3/c1-4-7-9-11-12-13-14-15-20-24-27(30)29(6-3)25-21-17-16-19-23-26(28(31)32)22-18-10-8-5-2/h26H,4-25H2,1-3H3,(H,31,32). The summed E-state index contributed by atoms with van der Waals surface area (Å²) in [5, 5.41) is 9.42. The predicted molar refractivity (Wildman–Crippen MR) is 137 cm³/mol. The second-order valence-electron chi connectivity index (χ2n) is 9.64. The van der Waals surface area contributed by atoms with Gasteiger partial charge in [0.1, 0.15) is 0 Å². The van der Waals surface area contributed by atoms with Crippen molar-refractivity contribution in [2.45, 2.75) is 149 Å². The van der Waals surface area contributed by atoms with Gasteiger partial charge in [-0.25, -0.2) is 0 Å². The Morgan fingerprint density at radius 2 is 1.06 bits per heavy atom. The van der Waals surface area contributed by atoms with Crippen LogP contribution in [-0.2, 0) is 9.59 Å². The minimum atomic E-state index is -0.624. The quantitative estimate of drug-likeness (QED) is 0.149. The van der Waals surface area contributed by atoms with E-state index in [4.69, 9.17) is 0 Å². The van der Waals surface area contributed by atoms with Gasteiger partial charge in [-0.2, -0.15) is 0 Å². The van der Waals surface area contributed by atoms with Gasteiger partial charge in [-0.15, -0.1) is 0 Å². The van der Waals surface area contributed by atoms with Crippen molar-refractivity contribution in [1.29, 1.82) is 0 Å². The van der Waals surface area contributed by atoms with Crippen molar-refractivity contribution in [2.75, 3.05) is 13.1 Å². The molecule has 0 aliphatic heterocycles. The van der Waals surface area contributed by atoms with Crippen LogP contribution in [-0.4, -0.2) is 35.0 Å². The van der Waals surface area contributed by atoms with E-state index in [1.807, 2.05) is 4.90 Å². The van der Waals surface area contributed by atoms with Crippen molar-refractivity contribution in [2.24, 2.45) is 5.92 Å². The maximum atomic E-state index is 12.5. The molecule has 0 rings (SSSR count). The van der Waals surface area contributed by atoms with Crippen molar-refractivity contribution >= 4 is 11.9 Å². The number of rotatable bonds is 24. The van der Waals surface area contributed by atoms with Gasteiger partial charge < -0.3 is 10.0 Å². The Kier molecular flexibility index (Phi) is 22.3. The lowest BCUT2D eigenvalue weighted by molar-refractivity contribution is -0.142. The highest BCUT2D eigenvalue weighted by Gasteiger charge is 2.16. The summed E-state index contributed by atoms with van der Waals surface area (Å²) < 4.78 is 0. The van der Waals surface area contributed by atoms with Crippen LogP contribution in [0.3, 0.4) is 0 Å². The Morgan fingerprint density at radius 3 is 1.56 bits per heavy atom. The van der Waals surface area contributed by atoms with Crippen molar-refractivity contribution in [3.63, 3.8) is 0 Å². The number of unbranched alkanes of at least 4 members (excludes halogenated alkanes) is 14. The molecule has 0 aromatic heterocycles. The summed E-state index contributed by atoms with van der Waals surface area (Å²) in [5.74, 6) is -0.480. The molecule has 0 heterocycles. The number of carbonyl (C=O) groups is 2. The largest absolute Gasteiger partial charge is 0.481 e. The number of amides is 1. The molecule has 0 aliphatic carbocycles. The zero-order chi connectivity index (χ0) is 23.9. The number of carbonyl (C=O) groups excluding carboxylic acids is 1. The third-order valence-electron chi connectivity index (χ3n) is 6.71. The van der Waals surface area contributed by atoms with E-state index in [0.717, 1.165) is 70.9 Å². The van der Waals surface area contributed by atoms with Gasteiger partial charge in [0.25, 0.3) is 0 Å². The maximum absolute atomic E-state index is 12.5. The van der Waals surface area contributed by atoms with E-state index in [1.165, 1.54) is 64.2 Å². The smallest absolute Gasteiger partial charge is 0.306 e. The number of hydrogen-bond acceptors (Lipinski definition) is 2. The first-order valence-electron chi connectivity index (χ1n) is 14.1. The lowest BCUT2D eigenvalue weighted by Crippen LogP contribution is -2.31. The van der Waals surface area contributed by atoms with E-state index in [1.54, 1.807) is 0 Å². The summed E-state index contributed by atoms with van der Waals surface area (Å²) in [5.41, 5.74) is 0.